The summed E-state index contributed by atoms with van der Waals surface area (Å²) in [5.74, 6) is -0.663. The third-order valence-corrected chi connectivity index (χ3v) is 3.93. The molecule has 2 amide bonds. The van der Waals surface area contributed by atoms with E-state index >= 15 is 0 Å². The first-order valence-electron chi connectivity index (χ1n) is 8.62. The van der Waals surface area contributed by atoms with Gasteiger partial charge < -0.3 is 10.6 Å². The molecule has 5 heteroatoms. The Morgan fingerprint density at radius 2 is 1.77 bits per heavy atom. The second-order valence-corrected chi connectivity index (χ2v) is 7.45. The maximum absolute atomic E-state index is 13.7. The molecule has 2 rings (SSSR count). The number of amides is 2. The number of rotatable bonds is 5. The minimum absolute atomic E-state index is 0.122. The molecule has 0 aliphatic carbocycles. The first kappa shape index (κ1) is 19.6. The molecule has 0 aliphatic heterocycles. The zero-order valence-electron chi connectivity index (χ0n) is 15.6. The number of nitrogens with one attached hydrogen (secondary N) is 2. The van der Waals surface area contributed by atoms with Crippen LogP contribution in [0.4, 0.5) is 10.1 Å². The molecule has 0 fully saturated rings. The van der Waals surface area contributed by atoms with E-state index in [0.717, 1.165) is 0 Å². The molecule has 0 saturated carbocycles. The minimum Gasteiger partial charge on any atom is -0.349 e. The van der Waals surface area contributed by atoms with Crippen molar-refractivity contribution < 1.29 is 14.0 Å². The Hall–Kier alpha value is -2.69. The summed E-state index contributed by atoms with van der Waals surface area (Å²) < 4.78 is 13.7. The average molecular weight is 356 g/mol. The Labute approximate surface area is 153 Å². The number of carbonyl (C=O) groups excluding carboxylic acids is 2. The number of hydrogen-bond donors (Lipinski definition) is 2. The molecule has 0 bridgehead atoms. The third kappa shape index (κ3) is 5.41. The second-order valence-electron chi connectivity index (χ2n) is 7.45. The Balaban J connectivity index is 2.02. The summed E-state index contributed by atoms with van der Waals surface area (Å²) in [5.41, 5.74) is 1.05. The Morgan fingerprint density at radius 3 is 2.42 bits per heavy atom. The van der Waals surface area contributed by atoms with Crippen LogP contribution in [0, 0.1) is 11.2 Å². The fourth-order valence-corrected chi connectivity index (χ4v) is 2.41. The Kier molecular flexibility index (Phi) is 6.14. The van der Waals surface area contributed by atoms with Gasteiger partial charge >= 0.3 is 0 Å². The van der Waals surface area contributed by atoms with Gasteiger partial charge in [-0.25, -0.2) is 4.39 Å². The lowest BCUT2D eigenvalue weighted by Gasteiger charge is -2.18. The molecule has 4 nitrogen and oxygen atoms in total. The predicted octanol–water partition coefficient (Wildman–Crippen LogP) is 4.17. The van der Waals surface area contributed by atoms with Gasteiger partial charge in [-0.1, -0.05) is 45.0 Å². The Morgan fingerprint density at radius 1 is 1.08 bits per heavy atom. The molecule has 2 aromatic carbocycles. The van der Waals surface area contributed by atoms with E-state index in [1.807, 2.05) is 27.7 Å². The molecule has 0 radical (unpaired) electrons. The summed E-state index contributed by atoms with van der Waals surface area (Å²) in [6, 6.07) is 13.1. The largest absolute Gasteiger partial charge is 0.349 e. The normalized spacial score (nSPS) is 12.3. The van der Waals surface area contributed by atoms with E-state index in [-0.39, 0.29) is 23.7 Å². The predicted molar refractivity (Wildman–Crippen MR) is 102 cm³/mol. The van der Waals surface area contributed by atoms with E-state index in [1.165, 1.54) is 6.07 Å². The fourth-order valence-electron chi connectivity index (χ4n) is 2.41. The van der Waals surface area contributed by atoms with Crippen LogP contribution in [0.25, 0.3) is 0 Å². The molecule has 0 aromatic heterocycles. The summed E-state index contributed by atoms with van der Waals surface area (Å²) in [6.07, 6.45) is 0.402. The van der Waals surface area contributed by atoms with Crippen LogP contribution >= 0.6 is 0 Å². The van der Waals surface area contributed by atoms with E-state index < -0.39 is 5.41 Å². The van der Waals surface area contributed by atoms with Gasteiger partial charge in [-0.15, -0.1) is 0 Å². The van der Waals surface area contributed by atoms with Crippen molar-refractivity contribution >= 4 is 17.5 Å². The van der Waals surface area contributed by atoms with Gasteiger partial charge in [0, 0.05) is 22.7 Å². The summed E-state index contributed by atoms with van der Waals surface area (Å²) in [5, 5.41) is 5.67. The monoisotopic (exact) mass is 356 g/mol. The van der Waals surface area contributed by atoms with Crippen molar-refractivity contribution in [3.8, 4) is 0 Å². The van der Waals surface area contributed by atoms with Crippen molar-refractivity contribution in [2.24, 2.45) is 5.41 Å². The van der Waals surface area contributed by atoms with Gasteiger partial charge in [-0.3, -0.25) is 9.59 Å². The van der Waals surface area contributed by atoms with Crippen LogP contribution in [-0.2, 0) is 11.2 Å². The highest BCUT2D eigenvalue weighted by molar-refractivity contribution is 5.98. The molecular formula is C21H25FN2O2. The van der Waals surface area contributed by atoms with E-state index in [2.05, 4.69) is 10.6 Å². The molecular weight excluding hydrogens is 331 g/mol. The van der Waals surface area contributed by atoms with Crippen LogP contribution in [0.2, 0.25) is 0 Å². The average Bonchev–Trinajstić information content (AvgIpc) is 2.56. The summed E-state index contributed by atoms with van der Waals surface area (Å²) in [6.45, 7) is 7.30. The van der Waals surface area contributed by atoms with E-state index in [0.29, 0.717) is 23.2 Å². The van der Waals surface area contributed by atoms with E-state index in [4.69, 9.17) is 0 Å². The topological polar surface area (TPSA) is 58.2 Å². The smallest absolute Gasteiger partial charge is 0.251 e. The van der Waals surface area contributed by atoms with Gasteiger partial charge in [0.1, 0.15) is 5.82 Å². The summed E-state index contributed by atoms with van der Waals surface area (Å²) >= 11 is 0. The highest BCUT2D eigenvalue weighted by Gasteiger charge is 2.21. The first-order chi connectivity index (χ1) is 12.2. The molecule has 1 atom stereocenters. The molecule has 2 N–H and O–H groups in total. The van der Waals surface area contributed by atoms with Crippen molar-refractivity contribution in [2.75, 3.05) is 5.32 Å². The molecule has 0 saturated heterocycles. The fraction of sp³-hybridized carbons (Fsp3) is 0.333. The van der Waals surface area contributed by atoms with Gasteiger partial charge in [-0.2, -0.15) is 0 Å². The van der Waals surface area contributed by atoms with Gasteiger partial charge in [0.25, 0.3) is 5.91 Å². The van der Waals surface area contributed by atoms with Gasteiger partial charge in [0.05, 0.1) is 0 Å². The number of halogens is 1. The van der Waals surface area contributed by atoms with E-state index in [9.17, 15) is 14.0 Å². The van der Waals surface area contributed by atoms with Crippen LogP contribution < -0.4 is 10.6 Å². The minimum atomic E-state index is -0.521. The third-order valence-electron chi connectivity index (χ3n) is 3.93. The van der Waals surface area contributed by atoms with E-state index in [1.54, 1.807) is 42.5 Å². The molecule has 0 heterocycles. The number of anilines is 1. The van der Waals surface area contributed by atoms with Crippen molar-refractivity contribution in [1.82, 2.24) is 5.32 Å². The highest BCUT2D eigenvalue weighted by atomic mass is 19.1. The highest BCUT2D eigenvalue weighted by Crippen LogP contribution is 2.18. The number of carbonyl (C=O) groups is 2. The Bertz CT molecular complexity index is 797. The second kappa shape index (κ2) is 8.13. The number of benzene rings is 2. The molecule has 0 spiro atoms. The van der Waals surface area contributed by atoms with Gasteiger partial charge in [0.15, 0.2) is 0 Å². The lowest BCUT2D eigenvalue weighted by atomic mass is 9.95. The molecule has 2 aromatic rings. The van der Waals surface area contributed by atoms with Crippen molar-refractivity contribution in [1.29, 1.82) is 0 Å². The van der Waals surface area contributed by atoms with Crippen molar-refractivity contribution in [3.63, 3.8) is 0 Å². The van der Waals surface area contributed by atoms with Crippen molar-refractivity contribution in [3.05, 3.63) is 65.5 Å². The standard InChI is InChI=1S/C21H25FN2O2/c1-14(12-15-8-5-6-11-18(15)22)23-19(25)16-9-7-10-17(13-16)24-20(26)21(2,3)4/h5-11,13-14H,12H2,1-4H3,(H,23,25)(H,24,26). The van der Waals surface area contributed by atoms with Gasteiger partial charge in [0.2, 0.25) is 5.91 Å². The quantitative estimate of drug-likeness (QED) is 0.845. The zero-order chi connectivity index (χ0) is 19.3. The lowest BCUT2D eigenvalue weighted by Crippen LogP contribution is -2.34. The van der Waals surface area contributed by atoms with Crippen LogP contribution in [0.15, 0.2) is 48.5 Å². The molecule has 0 aliphatic rings. The molecule has 1 unspecified atom stereocenters. The molecule has 138 valence electrons. The van der Waals surface area contributed by atoms with Crippen molar-refractivity contribution in [2.45, 2.75) is 40.2 Å². The van der Waals surface area contributed by atoms with Crippen LogP contribution in [0.3, 0.4) is 0 Å². The van der Waals surface area contributed by atoms with Crippen LogP contribution in [0.1, 0.15) is 43.6 Å². The maximum Gasteiger partial charge on any atom is 0.251 e. The molecule has 26 heavy (non-hydrogen) atoms. The summed E-state index contributed by atoms with van der Waals surface area (Å²) in [4.78, 5) is 24.5. The summed E-state index contributed by atoms with van der Waals surface area (Å²) in [7, 11) is 0. The van der Waals surface area contributed by atoms with Gasteiger partial charge in [-0.05, 0) is 43.2 Å². The van der Waals surface area contributed by atoms with Crippen LogP contribution in [-0.4, -0.2) is 17.9 Å². The first-order valence-corrected chi connectivity index (χ1v) is 8.62. The van der Waals surface area contributed by atoms with Crippen LogP contribution in [0.5, 0.6) is 0 Å². The SMILES string of the molecule is CC(Cc1ccccc1F)NC(=O)c1cccc(NC(=O)C(C)(C)C)c1. The number of hydrogen-bond acceptors (Lipinski definition) is 2. The lowest BCUT2D eigenvalue weighted by molar-refractivity contribution is -0.123. The zero-order valence-corrected chi connectivity index (χ0v) is 15.6. The maximum atomic E-state index is 13.7.